The van der Waals surface area contributed by atoms with Gasteiger partial charge < -0.3 is 19.9 Å². The maximum atomic E-state index is 11.9. The van der Waals surface area contributed by atoms with Gasteiger partial charge in [-0.15, -0.1) is 0 Å². The highest BCUT2D eigenvalue weighted by molar-refractivity contribution is 5.93. The predicted molar refractivity (Wildman–Crippen MR) is 70.0 cm³/mol. The Morgan fingerprint density at radius 2 is 2.00 bits per heavy atom. The molecule has 108 valence electrons. The molecule has 0 spiro atoms. The van der Waals surface area contributed by atoms with Gasteiger partial charge in [0, 0.05) is 14.2 Å². The summed E-state index contributed by atoms with van der Waals surface area (Å²) in [6, 6.07) is 0. The highest BCUT2D eigenvalue weighted by atomic mass is 16.6. The molecule has 0 radical (unpaired) electrons. The summed E-state index contributed by atoms with van der Waals surface area (Å²) in [5.41, 5.74) is 7.22. The molecule has 0 atom stereocenters. The molecule has 0 amide bonds. The third kappa shape index (κ3) is 4.22. The van der Waals surface area contributed by atoms with E-state index in [0.29, 0.717) is 37.6 Å². The van der Waals surface area contributed by atoms with Crippen molar-refractivity contribution in [2.45, 2.75) is 13.3 Å². The molecule has 0 aliphatic carbocycles. The number of nitrogens with zero attached hydrogens (tertiary/aromatic N) is 2. The van der Waals surface area contributed by atoms with Crippen LogP contribution < -0.4 is 5.73 Å². The van der Waals surface area contributed by atoms with Gasteiger partial charge in [0.05, 0.1) is 31.2 Å². The zero-order valence-corrected chi connectivity index (χ0v) is 11.6. The lowest BCUT2D eigenvalue weighted by Gasteiger charge is -2.06. The number of ether oxygens (including phenoxy) is 3. The maximum absolute atomic E-state index is 11.9. The van der Waals surface area contributed by atoms with Crippen LogP contribution in [-0.2, 0) is 27.7 Å². The molecule has 19 heavy (non-hydrogen) atoms. The van der Waals surface area contributed by atoms with Gasteiger partial charge >= 0.3 is 5.97 Å². The number of nitrogens with two attached hydrogens (primary N) is 1. The van der Waals surface area contributed by atoms with E-state index < -0.39 is 5.97 Å². The highest BCUT2D eigenvalue weighted by Crippen LogP contribution is 2.17. The average molecular weight is 271 g/mol. The SMILES string of the molecule is CCc1nn(C)c(C(=O)OCCOCCOC)c1N. The molecule has 2 N–H and O–H groups in total. The van der Waals surface area contributed by atoms with Crippen molar-refractivity contribution in [3.8, 4) is 0 Å². The van der Waals surface area contributed by atoms with Crippen molar-refractivity contribution in [2.24, 2.45) is 7.05 Å². The van der Waals surface area contributed by atoms with Crippen molar-refractivity contribution < 1.29 is 19.0 Å². The molecule has 0 unspecified atom stereocenters. The first-order valence-corrected chi connectivity index (χ1v) is 6.16. The zero-order chi connectivity index (χ0) is 14.3. The largest absolute Gasteiger partial charge is 0.458 e. The molecule has 0 aromatic carbocycles. The molecule has 1 aromatic heterocycles. The summed E-state index contributed by atoms with van der Waals surface area (Å²) in [5, 5.41) is 4.16. The summed E-state index contributed by atoms with van der Waals surface area (Å²) in [5.74, 6) is -0.484. The van der Waals surface area contributed by atoms with Crippen LogP contribution in [0.3, 0.4) is 0 Å². The third-order valence-electron chi connectivity index (χ3n) is 2.58. The second kappa shape index (κ2) is 7.75. The van der Waals surface area contributed by atoms with Crippen LogP contribution >= 0.6 is 0 Å². The van der Waals surface area contributed by atoms with Crippen LogP contribution in [0.25, 0.3) is 0 Å². The monoisotopic (exact) mass is 271 g/mol. The Labute approximate surface area is 112 Å². The number of methoxy groups -OCH3 is 1. The van der Waals surface area contributed by atoms with Crippen molar-refractivity contribution in [3.05, 3.63) is 11.4 Å². The summed E-state index contributed by atoms with van der Waals surface area (Å²) in [4.78, 5) is 11.9. The molecule has 1 rings (SSSR count). The molecular weight excluding hydrogens is 250 g/mol. The lowest BCUT2D eigenvalue weighted by atomic mass is 10.2. The third-order valence-corrected chi connectivity index (χ3v) is 2.58. The van der Waals surface area contributed by atoms with Gasteiger partial charge in [-0.1, -0.05) is 6.92 Å². The fourth-order valence-corrected chi connectivity index (χ4v) is 1.61. The zero-order valence-electron chi connectivity index (χ0n) is 11.6. The summed E-state index contributed by atoms with van der Waals surface area (Å²) in [7, 11) is 3.26. The summed E-state index contributed by atoms with van der Waals surface area (Å²) in [6.07, 6.45) is 0.674. The van der Waals surface area contributed by atoms with Gasteiger partial charge in [-0.05, 0) is 6.42 Å². The second-order valence-corrected chi connectivity index (χ2v) is 3.93. The molecule has 0 aliphatic rings. The van der Waals surface area contributed by atoms with Crippen LogP contribution in [0.2, 0.25) is 0 Å². The molecule has 0 bridgehead atoms. The number of hydrogen-bond donors (Lipinski definition) is 1. The minimum Gasteiger partial charge on any atom is -0.458 e. The number of rotatable bonds is 8. The van der Waals surface area contributed by atoms with E-state index in [1.807, 2.05) is 6.92 Å². The van der Waals surface area contributed by atoms with E-state index in [0.717, 1.165) is 0 Å². The van der Waals surface area contributed by atoms with Crippen molar-refractivity contribution >= 4 is 11.7 Å². The Bertz CT molecular complexity index is 417. The van der Waals surface area contributed by atoms with Gasteiger partial charge in [-0.3, -0.25) is 4.68 Å². The molecule has 1 aromatic rings. The van der Waals surface area contributed by atoms with E-state index in [4.69, 9.17) is 19.9 Å². The fourth-order valence-electron chi connectivity index (χ4n) is 1.61. The van der Waals surface area contributed by atoms with E-state index in [1.54, 1.807) is 14.2 Å². The van der Waals surface area contributed by atoms with Crippen LogP contribution in [0, 0.1) is 0 Å². The molecule has 0 fully saturated rings. The minimum absolute atomic E-state index is 0.175. The Morgan fingerprint density at radius 3 is 2.58 bits per heavy atom. The topological polar surface area (TPSA) is 88.6 Å². The second-order valence-electron chi connectivity index (χ2n) is 3.93. The molecule has 0 saturated heterocycles. The Hall–Kier alpha value is -1.60. The Balaban J connectivity index is 2.43. The van der Waals surface area contributed by atoms with Crippen LogP contribution in [0.1, 0.15) is 23.1 Å². The van der Waals surface area contributed by atoms with Crippen LogP contribution in [0.4, 0.5) is 5.69 Å². The maximum Gasteiger partial charge on any atom is 0.358 e. The first kappa shape index (κ1) is 15.5. The summed E-state index contributed by atoms with van der Waals surface area (Å²) < 4.78 is 16.5. The lowest BCUT2D eigenvalue weighted by molar-refractivity contribution is 0.0206. The van der Waals surface area contributed by atoms with Gasteiger partial charge in [0.25, 0.3) is 0 Å². The Kier molecular flexibility index (Phi) is 6.31. The minimum atomic E-state index is -0.484. The van der Waals surface area contributed by atoms with E-state index in [-0.39, 0.29) is 12.3 Å². The number of carbonyl (C=O) groups is 1. The summed E-state index contributed by atoms with van der Waals surface area (Å²) >= 11 is 0. The van der Waals surface area contributed by atoms with Gasteiger partial charge in [-0.2, -0.15) is 5.10 Å². The van der Waals surface area contributed by atoms with Gasteiger partial charge in [-0.25, -0.2) is 4.79 Å². The fraction of sp³-hybridized carbons (Fsp3) is 0.667. The molecule has 0 aliphatic heterocycles. The lowest BCUT2D eigenvalue weighted by Crippen LogP contribution is -2.16. The first-order valence-electron chi connectivity index (χ1n) is 6.16. The van der Waals surface area contributed by atoms with Crippen molar-refractivity contribution in [1.82, 2.24) is 9.78 Å². The van der Waals surface area contributed by atoms with E-state index in [9.17, 15) is 4.79 Å². The van der Waals surface area contributed by atoms with E-state index >= 15 is 0 Å². The Morgan fingerprint density at radius 1 is 1.32 bits per heavy atom. The van der Waals surface area contributed by atoms with Gasteiger partial charge in [0.1, 0.15) is 6.61 Å². The number of nitrogen functional groups attached to an aromatic ring is 1. The quantitative estimate of drug-likeness (QED) is 0.543. The smallest absolute Gasteiger partial charge is 0.358 e. The van der Waals surface area contributed by atoms with Crippen molar-refractivity contribution in [3.63, 3.8) is 0 Å². The number of carbonyl (C=O) groups excluding carboxylic acids is 1. The molecular formula is C12H21N3O4. The van der Waals surface area contributed by atoms with Crippen molar-refractivity contribution in [2.75, 3.05) is 39.3 Å². The number of esters is 1. The molecule has 0 saturated carbocycles. The number of hydrogen-bond acceptors (Lipinski definition) is 6. The van der Waals surface area contributed by atoms with Crippen LogP contribution in [0.5, 0.6) is 0 Å². The summed E-state index contributed by atoms with van der Waals surface area (Å²) in [6.45, 7) is 3.42. The van der Waals surface area contributed by atoms with E-state index in [2.05, 4.69) is 5.10 Å². The highest BCUT2D eigenvalue weighted by Gasteiger charge is 2.20. The predicted octanol–water partition coefficient (Wildman–Crippen LogP) is 0.385. The average Bonchev–Trinajstić information content (AvgIpc) is 2.68. The van der Waals surface area contributed by atoms with Crippen molar-refractivity contribution in [1.29, 1.82) is 0 Å². The normalized spacial score (nSPS) is 10.7. The first-order chi connectivity index (χ1) is 9.11. The van der Waals surface area contributed by atoms with Gasteiger partial charge in [0.2, 0.25) is 0 Å². The number of aryl methyl sites for hydroxylation is 2. The number of aromatic nitrogens is 2. The number of anilines is 1. The standard InChI is InChI=1S/C12H21N3O4/c1-4-9-10(13)11(15(2)14-9)12(16)19-8-7-18-6-5-17-3/h4-8,13H2,1-3H3. The van der Waals surface area contributed by atoms with Crippen LogP contribution in [-0.4, -0.2) is 49.3 Å². The molecule has 7 heteroatoms. The van der Waals surface area contributed by atoms with Crippen LogP contribution in [0.15, 0.2) is 0 Å². The molecule has 1 heterocycles. The molecule has 7 nitrogen and oxygen atoms in total. The van der Waals surface area contributed by atoms with Gasteiger partial charge in [0.15, 0.2) is 5.69 Å². The van der Waals surface area contributed by atoms with E-state index in [1.165, 1.54) is 4.68 Å².